The lowest BCUT2D eigenvalue weighted by molar-refractivity contribution is 0.0996. The molecule has 0 unspecified atom stereocenters. The molecule has 0 saturated heterocycles. The molecule has 0 aliphatic heterocycles. The Hall–Kier alpha value is -0.740. The van der Waals surface area contributed by atoms with Crippen molar-refractivity contribution in [3.8, 4) is 5.75 Å². The molecule has 1 aromatic carbocycles. The average Bonchev–Trinajstić information content (AvgIpc) is 2.09. The molecule has 0 heterocycles. The SMILES string of the molecule is CCOc1c(Br)cc(Cl)cc1C(N)=O. The molecule has 0 saturated carbocycles. The van der Waals surface area contributed by atoms with Gasteiger partial charge in [-0.05, 0) is 35.0 Å². The molecule has 0 aromatic heterocycles. The largest absolute Gasteiger partial charge is 0.492 e. The molecule has 1 rings (SSSR count). The number of nitrogens with two attached hydrogens (primary N) is 1. The highest BCUT2D eigenvalue weighted by molar-refractivity contribution is 9.10. The number of ether oxygens (including phenoxy) is 1. The maximum Gasteiger partial charge on any atom is 0.252 e. The van der Waals surface area contributed by atoms with Crippen molar-refractivity contribution in [2.24, 2.45) is 5.73 Å². The van der Waals surface area contributed by atoms with Crippen molar-refractivity contribution in [1.29, 1.82) is 0 Å². The lowest BCUT2D eigenvalue weighted by atomic mass is 10.2. The molecule has 1 amide bonds. The Morgan fingerprint density at radius 1 is 1.64 bits per heavy atom. The zero-order valence-electron chi connectivity index (χ0n) is 7.51. The van der Waals surface area contributed by atoms with E-state index in [9.17, 15) is 4.79 Å². The van der Waals surface area contributed by atoms with Crippen molar-refractivity contribution in [3.05, 3.63) is 27.2 Å². The number of primary amides is 1. The zero-order valence-corrected chi connectivity index (χ0v) is 9.85. The minimum Gasteiger partial charge on any atom is -0.492 e. The molecule has 0 aliphatic rings. The van der Waals surface area contributed by atoms with Crippen LogP contribution in [-0.4, -0.2) is 12.5 Å². The fraction of sp³-hybridized carbons (Fsp3) is 0.222. The van der Waals surface area contributed by atoms with E-state index < -0.39 is 5.91 Å². The predicted molar refractivity (Wildman–Crippen MR) is 58.8 cm³/mol. The summed E-state index contributed by atoms with van der Waals surface area (Å²) in [5.74, 6) is -0.124. The predicted octanol–water partition coefficient (Wildman–Crippen LogP) is 2.60. The van der Waals surface area contributed by atoms with Gasteiger partial charge < -0.3 is 10.5 Å². The number of halogens is 2. The standard InChI is InChI=1S/C9H9BrClNO2/c1-2-14-8-6(9(12)13)3-5(11)4-7(8)10/h3-4H,2H2,1H3,(H2,12,13). The molecule has 3 nitrogen and oxygen atoms in total. The maximum atomic E-state index is 11.1. The number of carbonyl (C=O) groups is 1. The van der Waals surface area contributed by atoms with Gasteiger partial charge in [-0.2, -0.15) is 0 Å². The van der Waals surface area contributed by atoms with Crippen LogP contribution in [0.4, 0.5) is 0 Å². The lowest BCUT2D eigenvalue weighted by Gasteiger charge is -2.10. The lowest BCUT2D eigenvalue weighted by Crippen LogP contribution is -2.13. The summed E-state index contributed by atoms with van der Waals surface area (Å²) in [5.41, 5.74) is 5.47. The van der Waals surface area contributed by atoms with Gasteiger partial charge in [0.2, 0.25) is 0 Å². The summed E-state index contributed by atoms with van der Waals surface area (Å²) in [6.07, 6.45) is 0. The number of amides is 1. The maximum absolute atomic E-state index is 11.1. The first-order valence-corrected chi connectivity index (χ1v) is 5.15. The summed E-state index contributed by atoms with van der Waals surface area (Å²) in [5, 5.41) is 0.439. The molecule has 0 atom stereocenters. The summed E-state index contributed by atoms with van der Waals surface area (Å²) in [7, 11) is 0. The first-order chi connectivity index (χ1) is 6.56. The van der Waals surface area contributed by atoms with Gasteiger partial charge in [0.05, 0.1) is 16.6 Å². The number of hydrogen-bond donors (Lipinski definition) is 1. The fourth-order valence-electron chi connectivity index (χ4n) is 1.03. The Balaban J connectivity index is 3.28. The minimum absolute atomic E-state index is 0.284. The molecule has 0 aliphatic carbocycles. The van der Waals surface area contributed by atoms with Crippen molar-refractivity contribution in [1.82, 2.24) is 0 Å². The van der Waals surface area contributed by atoms with E-state index in [1.807, 2.05) is 6.92 Å². The van der Waals surface area contributed by atoms with E-state index in [4.69, 9.17) is 22.1 Å². The first-order valence-electron chi connectivity index (χ1n) is 3.98. The molecule has 0 fully saturated rings. The summed E-state index contributed by atoms with van der Waals surface area (Å²) in [4.78, 5) is 11.1. The van der Waals surface area contributed by atoms with Crippen molar-refractivity contribution in [2.45, 2.75) is 6.92 Å². The molecular weight excluding hydrogens is 269 g/mol. The third kappa shape index (κ3) is 2.39. The molecule has 5 heteroatoms. The fourth-order valence-corrected chi connectivity index (χ4v) is 1.96. The molecule has 0 spiro atoms. The smallest absolute Gasteiger partial charge is 0.252 e. The van der Waals surface area contributed by atoms with E-state index in [0.717, 1.165) is 0 Å². The molecule has 0 radical (unpaired) electrons. The Labute approximate surface area is 95.3 Å². The topological polar surface area (TPSA) is 52.3 Å². The molecule has 14 heavy (non-hydrogen) atoms. The summed E-state index contributed by atoms with van der Waals surface area (Å²) < 4.78 is 5.90. The van der Waals surface area contributed by atoms with Crippen LogP contribution in [0.25, 0.3) is 0 Å². The van der Waals surface area contributed by atoms with Gasteiger partial charge in [-0.15, -0.1) is 0 Å². The normalized spacial score (nSPS) is 9.93. The van der Waals surface area contributed by atoms with Gasteiger partial charge in [-0.1, -0.05) is 11.6 Å². The van der Waals surface area contributed by atoms with Crippen LogP contribution in [0.5, 0.6) is 5.75 Å². The van der Waals surface area contributed by atoms with Gasteiger partial charge in [-0.25, -0.2) is 0 Å². The highest BCUT2D eigenvalue weighted by atomic mass is 79.9. The number of rotatable bonds is 3. The van der Waals surface area contributed by atoms with Crippen LogP contribution in [0.2, 0.25) is 5.02 Å². The highest BCUT2D eigenvalue weighted by Gasteiger charge is 2.13. The Kier molecular flexibility index (Phi) is 3.77. The Bertz CT molecular complexity index is 368. The highest BCUT2D eigenvalue weighted by Crippen LogP contribution is 2.32. The van der Waals surface area contributed by atoms with Crippen LogP contribution < -0.4 is 10.5 Å². The van der Waals surface area contributed by atoms with E-state index in [2.05, 4.69) is 15.9 Å². The van der Waals surface area contributed by atoms with Crippen molar-refractivity contribution < 1.29 is 9.53 Å². The van der Waals surface area contributed by atoms with Crippen molar-refractivity contribution >= 4 is 33.4 Å². The minimum atomic E-state index is -0.559. The van der Waals surface area contributed by atoms with Crippen LogP contribution in [0.1, 0.15) is 17.3 Å². The van der Waals surface area contributed by atoms with Crippen molar-refractivity contribution in [2.75, 3.05) is 6.61 Å². The van der Waals surface area contributed by atoms with Crippen LogP contribution in [0.15, 0.2) is 16.6 Å². The third-order valence-electron chi connectivity index (χ3n) is 1.56. The van der Waals surface area contributed by atoms with E-state index in [1.165, 1.54) is 6.07 Å². The summed E-state index contributed by atoms with van der Waals surface area (Å²) in [6, 6.07) is 3.14. The van der Waals surface area contributed by atoms with Crippen LogP contribution in [0.3, 0.4) is 0 Å². The molecule has 2 N–H and O–H groups in total. The van der Waals surface area contributed by atoms with E-state index in [-0.39, 0.29) is 5.56 Å². The summed E-state index contributed by atoms with van der Waals surface area (Å²) in [6.45, 7) is 2.28. The van der Waals surface area contributed by atoms with Gasteiger partial charge in [0.25, 0.3) is 5.91 Å². The van der Waals surface area contributed by atoms with Gasteiger partial charge in [0, 0.05) is 5.02 Å². The summed E-state index contributed by atoms with van der Waals surface area (Å²) >= 11 is 9.02. The van der Waals surface area contributed by atoms with Crippen LogP contribution in [-0.2, 0) is 0 Å². The van der Waals surface area contributed by atoms with Gasteiger partial charge in [-0.3, -0.25) is 4.79 Å². The number of benzene rings is 1. The number of carbonyl (C=O) groups excluding carboxylic acids is 1. The van der Waals surface area contributed by atoms with Crippen LogP contribution >= 0.6 is 27.5 Å². The molecule has 0 bridgehead atoms. The van der Waals surface area contributed by atoms with Gasteiger partial charge in [0.15, 0.2) is 0 Å². The zero-order chi connectivity index (χ0) is 10.7. The second kappa shape index (κ2) is 4.66. The van der Waals surface area contributed by atoms with Crippen LogP contribution in [0, 0.1) is 0 Å². The van der Waals surface area contributed by atoms with E-state index in [1.54, 1.807) is 6.07 Å². The quantitative estimate of drug-likeness (QED) is 0.924. The second-order valence-electron chi connectivity index (χ2n) is 2.56. The first kappa shape index (κ1) is 11.3. The van der Waals surface area contributed by atoms with E-state index in [0.29, 0.717) is 21.9 Å². The molecule has 76 valence electrons. The molecular formula is C9H9BrClNO2. The van der Waals surface area contributed by atoms with Gasteiger partial charge >= 0.3 is 0 Å². The second-order valence-corrected chi connectivity index (χ2v) is 3.85. The average molecular weight is 279 g/mol. The third-order valence-corrected chi connectivity index (χ3v) is 2.37. The van der Waals surface area contributed by atoms with Crippen molar-refractivity contribution in [3.63, 3.8) is 0 Å². The van der Waals surface area contributed by atoms with E-state index >= 15 is 0 Å². The monoisotopic (exact) mass is 277 g/mol. The number of hydrogen-bond acceptors (Lipinski definition) is 2. The van der Waals surface area contributed by atoms with Gasteiger partial charge in [0.1, 0.15) is 5.75 Å². The molecule has 1 aromatic rings. The Morgan fingerprint density at radius 3 is 2.79 bits per heavy atom. The Morgan fingerprint density at radius 2 is 2.29 bits per heavy atom.